The average Bonchev–Trinajstić information content (AvgIpc) is 2.71. The van der Waals surface area contributed by atoms with Gasteiger partial charge < -0.3 is 13.8 Å². The van der Waals surface area contributed by atoms with Crippen LogP contribution >= 0.6 is 11.6 Å². The van der Waals surface area contributed by atoms with E-state index in [1.54, 1.807) is 47.4 Å². The molecule has 0 bridgehead atoms. The highest BCUT2D eigenvalue weighted by Gasteiger charge is 2.23. The van der Waals surface area contributed by atoms with Crippen LogP contribution in [-0.2, 0) is 16.7 Å². The van der Waals surface area contributed by atoms with Crippen LogP contribution in [0, 0.1) is 0 Å². The fraction of sp³-hybridized carbons (Fsp3) is 0.381. The SMILES string of the molecule is CCC(C)N(Cc1ccc(OC)c(OS(=O)(=O)CC)c1)C(=O)c1ccccc1Cl. The van der Waals surface area contributed by atoms with Crippen LogP contribution in [0.5, 0.6) is 11.5 Å². The first-order chi connectivity index (χ1) is 13.7. The molecule has 0 spiro atoms. The summed E-state index contributed by atoms with van der Waals surface area (Å²) in [7, 11) is -2.28. The lowest BCUT2D eigenvalue weighted by Crippen LogP contribution is -2.38. The van der Waals surface area contributed by atoms with Gasteiger partial charge in [-0.05, 0) is 50.1 Å². The van der Waals surface area contributed by atoms with Crippen LogP contribution in [0.3, 0.4) is 0 Å². The van der Waals surface area contributed by atoms with Crippen molar-refractivity contribution in [2.24, 2.45) is 0 Å². The van der Waals surface area contributed by atoms with Crippen molar-refractivity contribution in [2.45, 2.75) is 39.8 Å². The zero-order valence-electron chi connectivity index (χ0n) is 17.0. The molecule has 0 saturated carbocycles. The molecule has 0 aliphatic carbocycles. The highest BCUT2D eigenvalue weighted by molar-refractivity contribution is 7.87. The maximum atomic E-state index is 13.1. The first-order valence-electron chi connectivity index (χ1n) is 9.37. The Morgan fingerprint density at radius 1 is 1.14 bits per heavy atom. The van der Waals surface area contributed by atoms with Gasteiger partial charge in [0.15, 0.2) is 11.5 Å². The Labute approximate surface area is 177 Å². The van der Waals surface area contributed by atoms with Gasteiger partial charge in [-0.1, -0.05) is 36.7 Å². The number of carbonyl (C=O) groups excluding carboxylic acids is 1. The molecule has 1 unspecified atom stereocenters. The van der Waals surface area contributed by atoms with Crippen LogP contribution in [0.15, 0.2) is 42.5 Å². The lowest BCUT2D eigenvalue weighted by molar-refractivity contribution is 0.0671. The van der Waals surface area contributed by atoms with Crippen molar-refractivity contribution in [3.63, 3.8) is 0 Å². The first kappa shape index (κ1) is 23.0. The third-order valence-electron chi connectivity index (χ3n) is 4.64. The lowest BCUT2D eigenvalue weighted by Gasteiger charge is -2.29. The molecule has 0 aliphatic heterocycles. The van der Waals surface area contributed by atoms with Gasteiger partial charge in [0.1, 0.15) is 0 Å². The number of halogens is 1. The summed E-state index contributed by atoms with van der Waals surface area (Å²) in [6, 6.07) is 11.8. The van der Waals surface area contributed by atoms with Crippen molar-refractivity contribution in [1.29, 1.82) is 0 Å². The van der Waals surface area contributed by atoms with Gasteiger partial charge in [-0.25, -0.2) is 0 Å². The molecule has 0 saturated heterocycles. The van der Waals surface area contributed by atoms with E-state index in [0.717, 1.165) is 6.42 Å². The van der Waals surface area contributed by atoms with Crippen molar-refractivity contribution in [3.05, 3.63) is 58.6 Å². The minimum Gasteiger partial charge on any atom is -0.493 e. The van der Waals surface area contributed by atoms with Gasteiger partial charge in [0.05, 0.1) is 23.4 Å². The van der Waals surface area contributed by atoms with Crippen LogP contribution in [0.4, 0.5) is 0 Å². The quantitative estimate of drug-likeness (QED) is 0.537. The summed E-state index contributed by atoms with van der Waals surface area (Å²) in [5.74, 6) is 0.0496. The smallest absolute Gasteiger partial charge is 0.309 e. The van der Waals surface area contributed by atoms with Gasteiger partial charge in [-0.3, -0.25) is 4.79 Å². The van der Waals surface area contributed by atoms with E-state index >= 15 is 0 Å². The maximum Gasteiger partial charge on any atom is 0.309 e. The van der Waals surface area contributed by atoms with Crippen molar-refractivity contribution in [1.82, 2.24) is 4.90 Å². The Bertz CT molecular complexity index is 961. The second kappa shape index (κ2) is 9.98. The predicted molar refractivity (Wildman–Crippen MR) is 114 cm³/mol. The average molecular weight is 440 g/mol. The van der Waals surface area contributed by atoms with Crippen LogP contribution in [-0.4, -0.2) is 38.1 Å². The Hall–Kier alpha value is -2.25. The van der Waals surface area contributed by atoms with E-state index in [1.165, 1.54) is 14.0 Å². The molecule has 29 heavy (non-hydrogen) atoms. The Balaban J connectivity index is 2.39. The number of amides is 1. The largest absolute Gasteiger partial charge is 0.493 e. The summed E-state index contributed by atoms with van der Waals surface area (Å²) in [4.78, 5) is 14.9. The molecule has 2 aromatic rings. The first-order valence-corrected chi connectivity index (χ1v) is 11.3. The minimum absolute atomic E-state index is 0.0513. The summed E-state index contributed by atoms with van der Waals surface area (Å²) in [5, 5.41) is 0.388. The number of methoxy groups -OCH3 is 1. The molecule has 0 aromatic heterocycles. The van der Waals surface area contributed by atoms with Crippen LogP contribution in [0.1, 0.15) is 43.1 Å². The van der Waals surface area contributed by atoms with Gasteiger partial charge in [0.2, 0.25) is 0 Å². The molecular formula is C21H26ClNO5S. The summed E-state index contributed by atoms with van der Waals surface area (Å²) >= 11 is 6.22. The summed E-state index contributed by atoms with van der Waals surface area (Å²) in [6.45, 7) is 5.72. The Morgan fingerprint density at radius 2 is 1.83 bits per heavy atom. The number of nitrogens with zero attached hydrogens (tertiary/aromatic N) is 1. The molecule has 2 rings (SSSR count). The number of hydrogen-bond donors (Lipinski definition) is 0. The van der Waals surface area contributed by atoms with Gasteiger partial charge in [-0.2, -0.15) is 8.42 Å². The Morgan fingerprint density at radius 3 is 2.41 bits per heavy atom. The van der Waals surface area contributed by atoms with E-state index < -0.39 is 10.1 Å². The van der Waals surface area contributed by atoms with E-state index in [9.17, 15) is 13.2 Å². The molecule has 1 atom stereocenters. The van der Waals surface area contributed by atoms with Crippen molar-refractivity contribution in [3.8, 4) is 11.5 Å². The molecule has 0 fully saturated rings. The van der Waals surface area contributed by atoms with Crippen molar-refractivity contribution < 1.29 is 22.1 Å². The molecule has 0 aliphatic rings. The Kier molecular flexibility index (Phi) is 7.93. The lowest BCUT2D eigenvalue weighted by atomic mass is 10.1. The summed E-state index contributed by atoms with van der Waals surface area (Å²) in [6.07, 6.45) is 0.750. The molecule has 6 nitrogen and oxygen atoms in total. The second-order valence-electron chi connectivity index (χ2n) is 6.59. The van der Waals surface area contributed by atoms with Crippen molar-refractivity contribution in [2.75, 3.05) is 12.9 Å². The molecule has 0 heterocycles. The minimum atomic E-state index is -3.71. The highest BCUT2D eigenvalue weighted by atomic mass is 35.5. The fourth-order valence-corrected chi connectivity index (χ4v) is 3.45. The van der Waals surface area contributed by atoms with Crippen LogP contribution in [0.25, 0.3) is 0 Å². The van der Waals surface area contributed by atoms with E-state index in [4.69, 9.17) is 20.5 Å². The normalized spacial score (nSPS) is 12.3. The monoisotopic (exact) mass is 439 g/mol. The number of benzene rings is 2. The van der Waals surface area contributed by atoms with Gasteiger partial charge in [0.25, 0.3) is 5.91 Å². The van der Waals surface area contributed by atoms with E-state index in [0.29, 0.717) is 21.9 Å². The second-order valence-corrected chi connectivity index (χ2v) is 8.85. The molecule has 1 amide bonds. The number of ether oxygens (including phenoxy) is 1. The zero-order chi connectivity index (χ0) is 21.6. The topological polar surface area (TPSA) is 72.9 Å². The highest BCUT2D eigenvalue weighted by Crippen LogP contribution is 2.31. The number of hydrogen-bond acceptors (Lipinski definition) is 5. The molecular weight excluding hydrogens is 414 g/mol. The molecule has 0 radical (unpaired) electrons. The molecule has 158 valence electrons. The maximum absolute atomic E-state index is 13.1. The van der Waals surface area contributed by atoms with E-state index in [-0.39, 0.29) is 30.0 Å². The predicted octanol–water partition coefficient (Wildman–Crippen LogP) is 4.52. The summed E-state index contributed by atoms with van der Waals surface area (Å²) < 4.78 is 34.2. The van der Waals surface area contributed by atoms with Crippen LogP contribution < -0.4 is 8.92 Å². The van der Waals surface area contributed by atoms with Gasteiger partial charge >= 0.3 is 10.1 Å². The van der Waals surface area contributed by atoms with Crippen LogP contribution in [0.2, 0.25) is 5.02 Å². The standard InChI is InChI=1S/C21H26ClNO5S/c1-5-15(3)23(21(24)17-9-7-8-10-18(17)22)14-16-11-12-19(27-4)20(13-16)28-29(25,26)6-2/h7-13,15H,5-6,14H2,1-4H3. The molecule has 8 heteroatoms. The van der Waals surface area contributed by atoms with E-state index in [1.807, 2.05) is 13.8 Å². The third kappa shape index (κ3) is 5.87. The fourth-order valence-electron chi connectivity index (χ4n) is 2.71. The number of carbonyl (C=O) groups is 1. The zero-order valence-corrected chi connectivity index (χ0v) is 18.6. The number of rotatable bonds is 9. The van der Waals surface area contributed by atoms with Gasteiger partial charge in [0, 0.05) is 12.6 Å². The third-order valence-corrected chi connectivity index (χ3v) is 6.11. The summed E-state index contributed by atoms with van der Waals surface area (Å²) in [5.41, 5.74) is 1.14. The van der Waals surface area contributed by atoms with E-state index in [2.05, 4.69) is 0 Å². The van der Waals surface area contributed by atoms with Gasteiger partial charge in [-0.15, -0.1) is 0 Å². The van der Waals surface area contributed by atoms with Crippen molar-refractivity contribution >= 4 is 27.6 Å². The molecule has 2 aromatic carbocycles. The molecule has 0 N–H and O–H groups in total.